The number of hydrogen-bond acceptors (Lipinski definition) is 5. The highest BCUT2D eigenvalue weighted by atomic mass is 35.5. The zero-order valence-electron chi connectivity index (χ0n) is 14.6. The molecule has 1 aromatic carbocycles. The molecule has 0 saturated carbocycles. The van der Waals surface area contributed by atoms with E-state index in [-0.39, 0.29) is 16.9 Å². The van der Waals surface area contributed by atoms with E-state index in [1.54, 1.807) is 10.6 Å². The molecule has 0 radical (unpaired) electrons. The average molecular weight is 369 g/mol. The first kappa shape index (κ1) is 17.8. The Morgan fingerprint density at radius 1 is 1.46 bits per heavy atom. The molecule has 0 spiro atoms. The van der Waals surface area contributed by atoms with Crippen LogP contribution in [0.2, 0.25) is 5.02 Å². The molecule has 2 heterocycles. The zero-order chi connectivity index (χ0) is 19.0. The Balaban J connectivity index is 2.30. The van der Waals surface area contributed by atoms with Crippen molar-refractivity contribution >= 4 is 34.2 Å². The third kappa shape index (κ3) is 2.67. The van der Waals surface area contributed by atoms with Crippen molar-refractivity contribution in [3.63, 3.8) is 0 Å². The number of pyridine rings is 1. The number of fused-ring (bicyclic) bond motifs is 1. The van der Waals surface area contributed by atoms with Gasteiger partial charge in [0.1, 0.15) is 6.07 Å². The van der Waals surface area contributed by atoms with Crippen molar-refractivity contribution in [2.75, 3.05) is 12.8 Å². The Morgan fingerprint density at radius 3 is 2.81 bits per heavy atom. The molecule has 0 saturated heterocycles. The lowest BCUT2D eigenvalue weighted by molar-refractivity contribution is 0.0593. The lowest BCUT2D eigenvalue weighted by Gasteiger charge is -2.12. The Kier molecular flexibility index (Phi) is 4.58. The van der Waals surface area contributed by atoms with E-state index >= 15 is 0 Å². The van der Waals surface area contributed by atoms with Gasteiger partial charge in [-0.05, 0) is 37.1 Å². The topological polar surface area (TPSA) is 93.9 Å². The quantitative estimate of drug-likeness (QED) is 0.710. The van der Waals surface area contributed by atoms with E-state index in [1.807, 2.05) is 32.0 Å². The van der Waals surface area contributed by atoms with Crippen LogP contribution >= 0.6 is 11.6 Å². The number of ether oxygens (including phenoxy) is 1. The largest absolute Gasteiger partial charge is 0.464 e. The van der Waals surface area contributed by atoms with Gasteiger partial charge >= 0.3 is 5.97 Å². The first-order chi connectivity index (χ1) is 12.4. The summed E-state index contributed by atoms with van der Waals surface area (Å²) in [6.07, 6.45) is 2.28. The van der Waals surface area contributed by atoms with Crippen LogP contribution < -0.4 is 5.73 Å². The normalized spacial score (nSPS) is 10.7. The van der Waals surface area contributed by atoms with Gasteiger partial charge in [-0.1, -0.05) is 18.5 Å². The fourth-order valence-electron chi connectivity index (χ4n) is 3.05. The van der Waals surface area contributed by atoms with Gasteiger partial charge in [-0.2, -0.15) is 5.26 Å². The summed E-state index contributed by atoms with van der Waals surface area (Å²) in [5.41, 5.74) is 9.62. The van der Waals surface area contributed by atoms with Gasteiger partial charge in [-0.15, -0.1) is 0 Å². The molecule has 0 atom stereocenters. The van der Waals surface area contributed by atoms with E-state index in [9.17, 15) is 10.1 Å². The smallest absolute Gasteiger partial charge is 0.357 e. The number of nitriles is 1. The Hall–Kier alpha value is -3.04. The summed E-state index contributed by atoms with van der Waals surface area (Å²) in [5, 5.41) is 10.7. The minimum atomic E-state index is -0.619. The third-order valence-corrected chi connectivity index (χ3v) is 4.81. The Morgan fingerprint density at radius 2 is 2.19 bits per heavy atom. The van der Waals surface area contributed by atoms with Gasteiger partial charge < -0.3 is 15.0 Å². The lowest BCUT2D eigenvalue weighted by Crippen LogP contribution is -2.11. The van der Waals surface area contributed by atoms with Gasteiger partial charge in [0.2, 0.25) is 0 Å². The zero-order valence-corrected chi connectivity index (χ0v) is 15.4. The fraction of sp³-hybridized carbons (Fsp3) is 0.211. The minimum Gasteiger partial charge on any atom is -0.464 e. The molecular weight excluding hydrogens is 352 g/mol. The predicted octanol–water partition coefficient (Wildman–Crippen LogP) is 3.79. The summed E-state index contributed by atoms with van der Waals surface area (Å²) in [4.78, 5) is 16.8. The summed E-state index contributed by atoms with van der Waals surface area (Å²) in [6.45, 7) is 3.95. The highest BCUT2D eigenvalue weighted by molar-refractivity contribution is 6.36. The molecule has 0 aliphatic carbocycles. The van der Waals surface area contributed by atoms with Crippen molar-refractivity contribution in [3.05, 3.63) is 51.9 Å². The van der Waals surface area contributed by atoms with E-state index in [4.69, 9.17) is 22.1 Å². The molecule has 2 aromatic heterocycles. The maximum atomic E-state index is 12.2. The second-order valence-electron chi connectivity index (χ2n) is 5.82. The van der Waals surface area contributed by atoms with Crippen LogP contribution in [-0.2, 0) is 11.2 Å². The Labute approximate surface area is 155 Å². The molecule has 0 bridgehead atoms. The maximum Gasteiger partial charge on any atom is 0.357 e. The molecule has 0 unspecified atom stereocenters. The van der Waals surface area contributed by atoms with Crippen molar-refractivity contribution < 1.29 is 9.53 Å². The second kappa shape index (κ2) is 6.70. The van der Waals surface area contributed by atoms with Crippen LogP contribution in [0.4, 0.5) is 5.69 Å². The van der Waals surface area contributed by atoms with E-state index in [1.165, 1.54) is 13.3 Å². The summed E-state index contributed by atoms with van der Waals surface area (Å²) in [6, 6.07) is 7.44. The first-order valence-electron chi connectivity index (χ1n) is 8.01. The first-order valence-corrected chi connectivity index (χ1v) is 8.39. The second-order valence-corrected chi connectivity index (χ2v) is 6.20. The van der Waals surface area contributed by atoms with Crippen molar-refractivity contribution in [3.8, 4) is 11.8 Å². The number of esters is 1. The van der Waals surface area contributed by atoms with Crippen molar-refractivity contribution in [2.24, 2.45) is 0 Å². The monoisotopic (exact) mass is 368 g/mol. The number of aryl methyl sites for hydroxylation is 1. The van der Waals surface area contributed by atoms with Crippen LogP contribution in [0.5, 0.6) is 0 Å². The summed E-state index contributed by atoms with van der Waals surface area (Å²) >= 11 is 6.58. The van der Waals surface area contributed by atoms with Crippen molar-refractivity contribution in [1.29, 1.82) is 5.26 Å². The number of anilines is 1. The van der Waals surface area contributed by atoms with E-state index in [0.717, 1.165) is 28.6 Å². The number of benzene rings is 1. The number of hydrogen-bond donors (Lipinski definition) is 1. The van der Waals surface area contributed by atoms with Crippen LogP contribution in [0.1, 0.15) is 34.2 Å². The molecule has 3 rings (SSSR count). The average Bonchev–Trinajstić information content (AvgIpc) is 2.97. The number of nitrogens with zero attached hydrogens (tertiary/aromatic N) is 3. The van der Waals surface area contributed by atoms with Gasteiger partial charge in [-0.3, -0.25) is 4.98 Å². The van der Waals surface area contributed by atoms with Gasteiger partial charge in [-0.25, -0.2) is 4.79 Å². The number of halogens is 1. The highest BCUT2D eigenvalue weighted by Gasteiger charge is 2.22. The number of methoxy groups -OCH3 is 1. The number of nitrogens with two attached hydrogens (primary N) is 1. The van der Waals surface area contributed by atoms with Gasteiger partial charge in [0, 0.05) is 23.0 Å². The maximum absolute atomic E-state index is 12.2. The van der Waals surface area contributed by atoms with E-state index in [0.29, 0.717) is 10.7 Å². The third-order valence-electron chi connectivity index (χ3n) is 4.38. The number of nitrogen functional groups attached to an aromatic ring is 1. The van der Waals surface area contributed by atoms with Gasteiger partial charge in [0.25, 0.3) is 0 Å². The highest BCUT2D eigenvalue weighted by Crippen LogP contribution is 2.32. The molecule has 26 heavy (non-hydrogen) atoms. The summed E-state index contributed by atoms with van der Waals surface area (Å²) < 4.78 is 6.36. The molecular formula is C19H17ClN4O2. The molecule has 0 fully saturated rings. The van der Waals surface area contributed by atoms with Crippen LogP contribution in [-0.4, -0.2) is 22.6 Å². The van der Waals surface area contributed by atoms with E-state index < -0.39 is 5.97 Å². The molecule has 3 aromatic rings. The minimum absolute atomic E-state index is 0.0850. The lowest BCUT2D eigenvalue weighted by atomic mass is 10.1. The van der Waals surface area contributed by atoms with Crippen molar-refractivity contribution in [1.82, 2.24) is 9.55 Å². The van der Waals surface area contributed by atoms with Crippen LogP contribution in [0.15, 0.2) is 24.4 Å². The summed E-state index contributed by atoms with van der Waals surface area (Å²) in [5.74, 6) is -0.619. The van der Waals surface area contributed by atoms with Crippen LogP contribution in [0.3, 0.4) is 0 Å². The molecule has 7 heteroatoms. The summed E-state index contributed by atoms with van der Waals surface area (Å²) in [7, 11) is 1.27. The van der Waals surface area contributed by atoms with Gasteiger partial charge in [0.05, 0.1) is 28.9 Å². The standard InChI is InChI=1S/C19H17ClN4O2/c1-4-13-10(2)23-15-6-5-12(7-14(15)16(13)20)24-9-11(8-21)17(22)18(24)19(25)26-3/h5-7,9H,4,22H2,1-3H3. The fourth-order valence-corrected chi connectivity index (χ4v) is 3.47. The SMILES string of the molecule is CCc1c(C)nc2ccc(-n3cc(C#N)c(N)c3C(=O)OC)cc2c1Cl. The van der Waals surface area contributed by atoms with Gasteiger partial charge in [0.15, 0.2) is 5.69 Å². The number of aromatic nitrogens is 2. The van der Waals surface area contributed by atoms with E-state index in [2.05, 4.69) is 4.98 Å². The molecule has 2 N–H and O–H groups in total. The molecule has 0 amide bonds. The number of carbonyl (C=O) groups excluding carboxylic acids is 1. The predicted molar refractivity (Wildman–Crippen MR) is 101 cm³/mol. The molecule has 0 aliphatic heterocycles. The Bertz CT molecular complexity index is 1080. The van der Waals surface area contributed by atoms with Crippen molar-refractivity contribution in [2.45, 2.75) is 20.3 Å². The van der Waals surface area contributed by atoms with Crippen LogP contribution in [0, 0.1) is 18.3 Å². The number of rotatable bonds is 3. The molecule has 6 nitrogen and oxygen atoms in total. The number of carbonyl (C=O) groups is 1. The van der Waals surface area contributed by atoms with Crippen LogP contribution in [0.25, 0.3) is 16.6 Å². The molecule has 0 aliphatic rings. The molecule has 132 valence electrons.